The summed E-state index contributed by atoms with van der Waals surface area (Å²) in [6, 6.07) is 10.9. The molecule has 1 aromatic heterocycles. The van der Waals surface area contributed by atoms with Gasteiger partial charge in [-0.3, -0.25) is 0 Å². The fourth-order valence-electron chi connectivity index (χ4n) is 1.85. The van der Waals surface area contributed by atoms with E-state index in [9.17, 15) is 4.39 Å². The Kier molecular flexibility index (Phi) is 4.55. The predicted molar refractivity (Wildman–Crippen MR) is 89.3 cm³/mol. The van der Waals surface area contributed by atoms with Crippen LogP contribution in [0.5, 0.6) is 0 Å². The molecule has 0 aliphatic rings. The van der Waals surface area contributed by atoms with E-state index < -0.39 is 0 Å². The Labute approximate surface area is 141 Å². The molecule has 2 N–H and O–H groups in total. The molecule has 0 saturated carbocycles. The van der Waals surface area contributed by atoms with Gasteiger partial charge in [0.15, 0.2) is 5.82 Å². The standard InChI is InChI=1S/C15H10Cl2FN5/c16-9-5-10(17)7-13(6-9)20-14-8-19-23-15(22-14)21-12-3-1-11(18)2-4-12/h1-8H,(H2,20,21,22,23). The van der Waals surface area contributed by atoms with Crippen molar-refractivity contribution < 1.29 is 4.39 Å². The first kappa shape index (κ1) is 15.5. The maximum Gasteiger partial charge on any atom is 0.249 e. The van der Waals surface area contributed by atoms with Crippen molar-refractivity contribution in [1.29, 1.82) is 0 Å². The molecule has 1 heterocycles. The van der Waals surface area contributed by atoms with E-state index in [0.29, 0.717) is 27.2 Å². The molecular weight excluding hydrogens is 340 g/mol. The van der Waals surface area contributed by atoms with Gasteiger partial charge in [-0.1, -0.05) is 23.2 Å². The summed E-state index contributed by atoms with van der Waals surface area (Å²) in [4.78, 5) is 4.27. The van der Waals surface area contributed by atoms with E-state index in [1.165, 1.54) is 18.3 Å². The normalized spacial score (nSPS) is 10.4. The van der Waals surface area contributed by atoms with E-state index in [4.69, 9.17) is 23.2 Å². The van der Waals surface area contributed by atoms with E-state index in [1.54, 1.807) is 30.3 Å². The molecule has 0 bridgehead atoms. The fraction of sp³-hybridized carbons (Fsp3) is 0. The first-order valence-electron chi connectivity index (χ1n) is 6.54. The Balaban J connectivity index is 1.78. The lowest BCUT2D eigenvalue weighted by Crippen LogP contribution is -2.02. The molecule has 116 valence electrons. The molecule has 0 aliphatic heterocycles. The van der Waals surface area contributed by atoms with Gasteiger partial charge in [-0.2, -0.15) is 10.1 Å². The first-order valence-corrected chi connectivity index (χ1v) is 7.29. The van der Waals surface area contributed by atoms with Crippen molar-refractivity contribution in [3.8, 4) is 0 Å². The van der Waals surface area contributed by atoms with Crippen molar-refractivity contribution in [1.82, 2.24) is 15.2 Å². The lowest BCUT2D eigenvalue weighted by atomic mass is 10.3. The summed E-state index contributed by atoms with van der Waals surface area (Å²) in [6.07, 6.45) is 1.46. The highest BCUT2D eigenvalue weighted by Crippen LogP contribution is 2.24. The van der Waals surface area contributed by atoms with Crippen LogP contribution in [0.15, 0.2) is 48.7 Å². The molecule has 0 aliphatic carbocycles. The second-order valence-corrected chi connectivity index (χ2v) is 5.45. The molecule has 3 rings (SSSR count). The molecule has 0 spiro atoms. The van der Waals surface area contributed by atoms with Gasteiger partial charge in [0.1, 0.15) is 5.82 Å². The summed E-state index contributed by atoms with van der Waals surface area (Å²) in [6.45, 7) is 0. The van der Waals surface area contributed by atoms with E-state index >= 15 is 0 Å². The molecule has 23 heavy (non-hydrogen) atoms. The van der Waals surface area contributed by atoms with Crippen LogP contribution in [0.25, 0.3) is 0 Å². The van der Waals surface area contributed by atoms with E-state index in [1.807, 2.05) is 0 Å². The number of rotatable bonds is 4. The average Bonchev–Trinajstić information content (AvgIpc) is 2.49. The summed E-state index contributed by atoms with van der Waals surface area (Å²) in [5.41, 5.74) is 1.33. The molecule has 0 radical (unpaired) electrons. The minimum atomic E-state index is -0.317. The van der Waals surface area contributed by atoms with Gasteiger partial charge in [-0.15, -0.1) is 5.10 Å². The van der Waals surface area contributed by atoms with Crippen LogP contribution >= 0.6 is 23.2 Å². The molecule has 0 saturated heterocycles. The van der Waals surface area contributed by atoms with Crippen LogP contribution in [0, 0.1) is 5.82 Å². The predicted octanol–water partition coefficient (Wildman–Crippen LogP) is 4.80. The molecule has 0 fully saturated rings. The summed E-state index contributed by atoms with van der Waals surface area (Å²) in [5.74, 6) is 0.417. The zero-order valence-electron chi connectivity index (χ0n) is 11.6. The third-order valence-corrected chi connectivity index (χ3v) is 3.23. The van der Waals surface area contributed by atoms with E-state index in [2.05, 4.69) is 25.8 Å². The number of anilines is 4. The molecule has 0 amide bonds. The fourth-order valence-corrected chi connectivity index (χ4v) is 2.38. The average molecular weight is 350 g/mol. The van der Waals surface area contributed by atoms with E-state index in [0.717, 1.165) is 0 Å². The molecular formula is C15H10Cl2FN5. The largest absolute Gasteiger partial charge is 0.339 e. The maximum absolute atomic E-state index is 12.9. The third kappa shape index (κ3) is 4.28. The van der Waals surface area contributed by atoms with Gasteiger partial charge < -0.3 is 10.6 Å². The van der Waals surface area contributed by atoms with Gasteiger partial charge in [0, 0.05) is 21.4 Å². The van der Waals surface area contributed by atoms with Gasteiger partial charge in [0.2, 0.25) is 5.95 Å². The number of nitrogens with one attached hydrogen (secondary N) is 2. The number of nitrogens with zero attached hydrogens (tertiary/aromatic N) is 3. The minimum Gasteiger partial charge on any atom is -0.339 e. The smallest absolute Gasteiger partial charge is 0.249 e. The van der Waals surface area contributed by atoms with Gasteiger partial charge >= 0.3 is 0 Å². The molecule has 5 nitrogen and oxygen atoms in total. The zero-order valence-corrected chi connectivity index (χ0v) is 13.1. The Morgan fingerprint density at radius 2 is 1.57 bits per heavy atom. The van der Waals surface area contributed by atoms with Crippen LogP contribution in [0.2, 0.25) is 10.0 Å². The summed E-state index contributed by atoms with van der Waals surface area (Å²) < 4.78 is 12.9. The molecule has 0 unspecified atom stereocenters. The van der Waals surface area contributed by atoms with Gasteiger partial charge in [0.25, 0.3) is 0 Å². The Bertz CT molecular complexity index is 806. The first-order chi connectivity index (χ1) is 11.1. The third-order valence-electron chi connectivity index (χ3n) is 2.79. The van der Waals surface area contributed by atoms with Crippen LogP contribution < -0.4 is 10.6 Å². The van der Waals surface area contributed by atoms with Gasteiger partial charge in [-0.05, 0) is 42.5 Å². The van der Waals surface area contributed by atoms with Crippen LogP contribution in [0.3, 0.4) is 0 Å². The Hall–Kier alpha value is -2.44. The zero-order chi connectivity index (χ0) is 16.2. The number of aromatic nitrogens is 3. The summed E-state index contributed by atoms with van der Waals surface area (Å²) in [5, 5.41) is 14.7. The lowest BCUT2D eigenvalue weighted by Gasteiger charge is -2.08. The van der Waals surface area contributed by atoms with Crippen molar-refractivity contribution in [2.45, 2.75) is 0 Å². The monoisotopic (exact) mass is 349 g/mol. The van der Waals surface area contributed by atoms with Crippen molar-refractivity contribution in [2.24, 2.45) is 0 Å². The van der Waals surface area contributed by atoms with Gasteiger partial charge in [-0.25, -0.2) is 4.39 Å². The van der Waals surface area contributed by atoms with Crippen LogP contribution in [-0.4, -0.2) is 15.2 Å². The molecule has 3 aromatic rings. The second-order valence-electron chi connectivity index (χ2n) is 4.58. The number of hydrogen-bond acceptors (Lipinski definition) is 5. The van der Waals surface area contributed by atoms with Crippen molar-refractivity contribution in [3.63, 3.8) is 0 Å². The van der Waals surface area contributed by atoms with Crippen molar-refractivity contribution in [2.75, 3.05) is 10.6 Å². The molecule has 8 heteroatoms. The van der Waals surface area contributed by atoms with Crippen molar-refractivity contribution >= 4 is 46.3 Å². The number of hydrogen-bond donors (Lipinski definition) is 2. The van der Waals surface area contributed by atoms with Crippen molar-refractivity contribution in [3.05, 3.63) is 64.5 Å². The highest BCUT2D eigenvalue weighted by atomic mass is 35.5. The quantitative estimate of drug-likeness (QED) is 0.707. The highest BCUT2D eigenvalue weighted by molar-refractivity contribution is 6.35. The van der Waals surface area contributed by atoms with Gasteiger partial charge in [0.05, 0.1) is 6.20 Å². The molecule has 0 atom stereocenters. The van der Waals surface area contributed by atoms with Crippen LogP contribution in [0.4, 0.5) is 27.5 Å². The number of halogens is 3. The van der Waals surface area contributed by atoms with Crippen LogP contribution in [0.1, 0.15) is 0 Å². The van der Waals surface area contributed by atoms with Crippen LogP contribution in [-0.2, 0) is 0 Å². The topological polar surface area (TPSA) is 62.7 Å². The Morgan fingerprint density at radius 3 is 2.26 bits per heavy atom. The summed E-state index contributed by atoms with van der Waals surface area (Å²) in [7, 11) is 0. The maximum atomic E-state index is 12.9. The SMILES string of the molecule is Fc1ccc(Nc2nncc(Nc3cc(Cl)cc(Cl)c3)n2)cc1. The number of benzene rings is 2. The van der Waals surface area contributed by atoms with E-state index in [-0.39, 0.29) is 11.8 Å². The molecule has 2 aromatic carbocycles. The second kappa shape index (κ2) is 6.76. The highest BCUT2D eigenvalue weighted by Gasteiger charge is 2.04. The minimum absolute atomic E-state index is 0.273. The lowest BCUT2D eigenvalue weighted by molar-refractivity contribution is 0.628. The summed E-state index contributed by atoms with van der Waals surface area (Å²) >= 11 is 11.9. The Morgan fingerprint density at radius 1 is 0.870 bits per heavy atom.